The van der Waals surface area contributed by atoms with E-state index in [0.717, 1.165) is 0 Å². The van der Waals surface area contributed by atoms with Crippen LogP contribution in [0.4, 0.5) is 0 Å². The van der Waals surface area contributed by atoms with Crippen molar-refractivity contribution in [3.63, 3.8) is 0 Å². The summed E-state index contributed by atoms with van der Waals surface area (Å²) >= 11 is 4.76. The van der Waals surface area contributed by atoms with Gasteiger partial charge in [0.15, 0.2) is 0 Å². The van der Waals surface area contributed by atoms with Crippen LogP contribution in [0.5, 0.6) is 0 Å². The molecule has 0 saturated carbocycles. The van der Waals surface area contributed by atoms with Gasteiger partial charge in [-0.25, -0.2) is 0 Å². The zero-order valence-corrected chi connectivity index (χ0v) is 2.75. The molecule has 0 N–H and O–H groups in total. The molecular formula is C2H2ClO. The lowest BCUT2D eigenvalue weighted by molar-refractivity contribution is 0.560. The van der Waals surface area contributed by atoms with E-state index in [1.807, 2.05) is 0 Å². The van der Waals surface area contributed by atoms with Crippen LogP contribution in [-0.4, -0.2) is 12.2 Å². The molecule has 0 rings (SSSR count). The molecule has 0 aromatic carbocycles. The van der Waals surface area contributed by atoms with Crippen molar-refractivity contribution >= 4 is 17.9 Å². The summed E-state index contributed by atoms with van der Waals surface area (Å²) in [5.74, 6) is -0.0139. The van der Waals surface area contributed by atoms with Crippen molar-refractivity contribution in [1.29, 1.82) is 0 Å². The first-order chi connectivity index (χ1) is 1.91. The Balaban J connectivity index is 2.30. The molecule has 0 aromatic rings. The molecule has 0 heterocycles. The molecule has 1 nitrogen and oxygen atoms in total. The van der Waals surface area contributed by atoms with Gasteiger partial charge in [0.05, 0.1) is 5.88 Å². The second-order valence-electron chi connectivity index (χ2n) is 0.278. The second kappa shape index (κ2) is 2.96. The zero-order chi connectivity index (χ0) is 3.41. The predicted octanol–water partition coefficient (Wildman–Crippen LogP) is 0.335. The van der Waals surface area contributed by atoms with Gasteiger partial charge in [-0.1, -0.05) is 0 Å². The minimum Gasteiger partial charge on any atom is -0.289 e. The highest BCUT2D eigenvalue weighted by Gasteiger charge is 1.58. The molecule has 0 saturated heterocycles. The Bertz CT molecular complexity index is 20.0. The highest BCUT2D eigenvalue weighted by molar-refractivity contribution is 6.24. The first kappa shape index (κ1) is 3.96. The molecule has 4 heavy (non-hydrogen) atoms. The van der Waals surface area contributed by atoms with Gasteiger partial charge in [-0.05, 0) is 0 Å². The van der Waals surface area contributed by atoms with Crippen molar-refractivity contribution in [1.82, 2.24) is 0 Å². The Morgan fingerprint density at radius 3 is 2.25 bits per heavy atom. The average Bonchev–Trinajstić information content (AvgIpc) is 1.37. The van der Waals surface area contributed by atoms with E-state index in [2.05, 4.69) is 0 Å². The molecule has 0 unspecified atom stereocenters. The van der Waals surface area contributed by atoms with Crippen LogP contribution in [0.1, 0.15) is 0 Å². The molecule has 0 atom stereocenters. The standard InChI is InChI=1S/C2H2ClO/c3-1-2-4/h1H2. The molecule has 0 amide bonds. The summed E-state index contributed by atoms with van der Waals surface area (Å²) in [5, 5.41) is 0. The number of carbonyl (C=O) groups excluding carboxylic acids is 1. The smallest absolute Gasteiger partial charge is 0.214 e. The highest BCUT2D eigenvalue weighted by Crippen LogP contribution is 1.57. The first-order valence-corrected chi connectivity index (χ1v) is 1.36. The maximum Gasteiger partial charge on any atom is 0.214 e. The molecule has 0 aliphatic rings. The van der Waals surface area contributed by atoms with E-state index in [-0.39, 0.29) is 5.88 Å². The third-order valence-corrected chi connectivity index (χ3v) is 0.164. The van der Waals surface area contributed by atoms with Crippen LogP contribution in [0.3, 0.4) is 0 Å². The van der Waals surface area contributed by atoms with Gasteiger partial charge in [-0.15, -0.1) is 11.6 Å². The van der Waals surface area contributed by atoms with Gasteiger partial charge in [0.25, 0.3) is 0 Å². The molecule has 23 valence electrons. The summed E-state index contributed by atoms with van der Waals surface area (Å²) in [7, 11) is 0. The maximum atomic E-state index is 8.92. The van der Waals surface area contributed by atoms with Gasteiger partial charge in [-0.2, -0.15) is 0 Å². The molecule has 2 heteroatoms. The van der Waals surface area contributed by atoms with Crippen molar-refractivity contribution < 1.29 is 4.79 Å². The quantitative estimate of drug-likeness (QED) is 0.413. The minimum atomic E-state index is -0.0139. The zero-order valence-electron chi connectivity index (χ0n) is 1.99. The average molecular weight is 77.5 g/mol. The number of alkyl halides is 1. The largest absolute Gasteiger partial charge is 0.289 e. The molecule has 0 spiro atoms. The van der Waals surface area contributed by atoms with Crippen LogP contribution in [0.15, 0.2) is 0 Å². The molecule has 0 aliphatic carbocycles. The molecule has 0 aromatic heterocycles. The molecule has 0 aliphatic heterocycles. The second-order valence-corrected chi connectivity index (χ2v) is 0.545. The van der Waals surface area contributed by atoms with Crippen LogP contribution >= 0.6 is 11.6 Å². The summed E-state index contributed by atoms with van der Waals surface area (Å²) < 4.78 is 0. The molecule has 0 bridgehead atoms. The van der Waals surface area contributed by atoms with E-state index < -0.39 is 0 Å². The number of rotatable bonds is 1. The fourth-order valence-corrected chi connectivity index (χ4v) is 0. The maximum absolute atomic E-state index is 8.92. The van der Waals surface area contributed by atoms with E-state index >= 15 is 0 Å². The predicted molar refractivity (Wildman–Crippen MR) is 16.4 cm³/mol. The third kappa shape index (κ3) is 1.96. The van der Waals surface area contributed by atoms with E-state index in [4.69, 9.17) is 16.4 Å². The van der Waals surface area contributed by atoms with Crippen LogP contribution in [0.25, 0.3) is 0 Å². The Labute approximate surface area is 29.6 Å². The lowest BCUT2D eigenvalue weighted by Crippen LogP contribution is -1.62. The van der Waals surface area contributed by atoms with Crippen LogP contribution in [-0.2, 0) is 4.79 Å². The lowest BCUT2D eigenvalue weighted by atomic mass is 10.9. The molecular weight excluding hydrogens is 75.5 g/mol. The van der Waals surface area contributed by atoms with Crippen molar-refractivity contribution in [2.75, 3.05) is 5.88 Å². The van der Waals surface area contributed by atoms with Crippen LogP contribution in [0, 0.1) is 0 Å². The number of halogens is 1. The monoisotopic (exact) mass is 77.0 g/mol. The first-order valence-electron chi connectivity index (χ1n) is 0.825. The van der Waals surface area contributed by atoms with E-state index in [1.165, 1.54) is 6.29 Å². The summed E-state index contributed by atoms with van der Waals surface area (Å²) in [6.07, 6.45) is 1.45. The minimum absolute atomic E-state index is 0.0139. The third-order valence-electron chi connectivity index (χ3n) is 0.0546. The van der Waals surface area contributed by atoms with Crippen molar-refractivity contribution in [3.05, 3.63) is 0 Å². The van der Waals surface area contributed by atoms with Crippen molar-refractivity contribution in [2.45, 2.75) is 0 Å². The van der Waals surface area contributed by atoms with Gasteiger partial charge < -0.3 is 0 Å². The Hall–Kier alpha value is -0.0400. The fourth-order valence-electron chi connectivity index (χ4n) is 0. The van der Waals surface area contributed by atoms with Gasteiger partial charge in [-0.3, -0.25) is 4.79 Å². The van der Waals surface area contributed by atoms with Gasteiger partial charge >= 0.3 is 0 Å². The lowest BCUT2D eigenvalue weighted by Gasteiger charge is -1.46. The Kier molecular flexibility index (Phi) is 2.93. The van der Waals surface area contributed by atoms with Crippen LogP contribution < -0.4 is 0 Å². The van der Waals surface area contributed by atoms with E-state index in [9.17, 15) is 0 Å². The van der Waals surface area contributed by atoms with E-state index in [1.54, 1.807) is 0 Å². The topological polar surface area (TPSA) is 17.1 Å². The summed E-state index contributed by atoms with van der Waals surface area (Å²) in [6, 6.07) is 0. The number of hydrogen-bond donors (Lipinski definition) is 0. The highest BCUT2D eigenvalue weighted by atomic mass is 35.5. The summed E-state index contributed by atoms with van der Waals surface area (Å²) in [6.45, 7) is 0. The van der Waals surface area contributed by atoms with Gasteiger partial charge in [0.2, 0.25) is 6.29 Å². The van der Waals surface area contributed by atoms with Crippen LogP contribution in [0.2, 0.25) is 0 Å². The van der Waals surface area contributed by atoms with Gasteiger partial charge in [0.1, 0.15) is 0 Å². The molecule has 0 fully saturated rings. The van der Waals surface area contributed by atoms with Gasteiger partial charge in [0, 0.05) is 0 Å². The normalized spacial score (nSPS) is 6.25. The Morgan fingerprint density at radius 1 is 2.00 bits per heavy atom. The van der Waals surface area contributed by atoms with Crippen molar-refractivity contribution in [3.8, 4) is 0 Å². The van der Waals surface area contributed by atoms with Crippen molar-refractivity contribution in [2.24, 2.45) is 0 Å². The molecule has 1 radical (unpaired) electrons. The Morgan fingerprint density at radius 2 is 2.25 bits per heavy atom. The fraction of sp³-hybridized carbons (Fsp3) is 0.500. The summed E-state index contributed by atoms with van der Waals surface area (Å²) in [5.41, 5.74) is 0. The SMILES string of the molecule is O=[C]CCl. The van der Waals surface area contributed by atoms with E-state index in [0.29, 0.717) is 0 Å². The summed E-state index contributed by atoms with van der Waals surface area (Å²) in [4.78, 5) is 8.92. The number of hydrogen-bond acceptors (Lipinski definition) is 1.